The minimum absolute atomic E-state index is 0.150. The van der Waals surface area contributed by atoms with Gasteiger partial charge >= 0.3 is 5.97 Å². The van der Waals surface area contributed by atoms with Crippen LogP contribution in [0.3, 0.4) is 0 Å². The Balaban J connectivity index is 1.49. The number of furan rings is 1. The molecule has 170 valence electrons. The van der Waals surface area contributed by atoms with Gasteiger partial charge in [-0.05, 0) is 42.3 Å². The van der Waals surface area contributed by atoms with Crippen LogP contribution in [0.15, 0.2) is 77.3 Å². The molecule has 0 fully saturated rings. The number of H-pyrrole nitrogens is 1. The molecule has 0 aliphatic heterocycles. The van der Waals surface area contributed by atoms with Crippen LogP contribution in [0.4, 0.5) is 0 Å². The molecule has 5 rings (SSSR count). The second kappa shape index (κ2) is 8.72. The number of aryl methyl sites for hydroxylation is 1. The number of para-hydroxylation sites is 1. The molecule has 0 saturated carbocycles. The first-order valence-corrected chi connectivity index (χ1v) is 11.1. The fourth-order valence-corrected chi connectivity index (χ4v) is 4.30. The van der Waals surface area contributed by atoms with Crippen LogP contribution in [-0.4, -0.2) is 24.0 Å². The van der Waals surface area contributed by atoms with Gasteiger partial charge in [0.05, 0.1) is 7.11 Å². The second-order valence-corrected chi connectivity index (χ2v) is 8.43. The Morgan fingerprint density at radius 2 is 1.74 bits per heavy atom. The second-order valence-electron chi connectivity index (χ2n) is 7.99. The smallest absolute Gasteiger partial charge is 0.333 e. The van der Waals surface area contributed by atoms with Crippen LogP contribution < -0.4 is 5.32 Å². The lowest BCUT2D eigenvalue weighted by atomic mass is 10.0. The number of benzene rings is 3. The molecule has 0 spiro atoms. The minimum Gasteiger partial charge on any atom is -0.467 e. The molecule has 2 N–H and O–H groups in total. The molecule has 2 aromatic heterocycles. The van der Waals surface area contributed by atoms with Gasteiger partial charge in [0.15, 0.2) is 11.8 Å². The zero-order chi connectivity index (χ0) is 23.8. The van der Waals surface area contributed by atoms with Gasteiger partial charge < -0.3 is 19.5 Å². The molecule has 6 nitrogen and oxygen atoms in total. The summed E-state index contributed by atoms with van der Waals surface area (Å²) in [6.45, 7) is 1.82. The monoisotopic (exact) mass is 472 g/mol. The number of hydrogen-bond acceptors (Lipinski definition) is 4. The van der Waals surface area contributed by atoms with E-state index in [4.69, 9.17) is 20.8 Å². The molecule has 1 unspecified atom stereocenters. The minimum atomic E-state index is -0.995. The Morgan fingerprint density at radius 3 is 2.50 bits per heavy atom. The van der Waals surface area contributed by atoms with Gasteiger partial charge in [-0.25, -0.2) is 4.79 Å². The number of nitrogens with one attached hydrogen (secondary N) is 2. The van der Waals surface area contributed by atoms with Gasteiger partial charge in [0.25, 0.3) is 5.91 Å². The summed E-state index contributed by atoms with van der Waals surface area (Å²) in [6, 6.07) is 19.8. The predicted molar refractivity (Wildman–Crippen MR) is 132 cm³/mol. The lowest BCUT2D eigenvalue weighted by Crippen LogP contribution is -2.34. The number of aromatic nitrogens is 1. The summed E-state index contributed by atoms with van der Waals surface area (Å²) in [5.41, 5.74) is 4.67. The molecule has 0 bridgehead atoms. The van der Waals surface area contributed by atoms with Crippen LogP contribution >= 0.6 is 11.6 Å². The number of esters is 1. The van der Waals surface area contributed by atoms with Crippen molar-refractivity contribution in [3.63, 3.8) is 0 Å². The van der Waals surface area contributed by atoms with E-state index in [1.165, 1.54) is 7.11 Å². The van der Waals surface area contributed by atoms with E-state index >= 15 is 0 Å². The first-order valence-electron chi connectivity index (χ1n) is 10.7. The van der Waals surface area contributed by atoms with Crippen molar-refractivity contribution in [2.75, 3.05) is 7.11 Å². The maximum atomic E-state index is 13.3. The quantitative estimate of drug-likeness (QED) is 0.299. The average Bonchev–Trinajstić information content (AvgIpc) is 3.43. The van der Waals surface area contributed by atoms with E-state index in [2.05, 4.69) is 10.3 Å². The molecular formula is C27H21ClN2O4. The number of methoxy groups -OCH3 is 1. The summed E-state index contributed by atoms with van der Waals surface area (Å²) < 4.78 is 10.9. The first-order chi connectivity index (χ1) is 16.5. The average molecular weight is 473 g/mol. The Kier molecular flexibility index (Phi) is 5.59. The number of carbonyl (C=O) groups is 2. The summed E-state index contributed by atoms with van der Waals surface area (Å²) in [6.07, 6.45) is 1.70. The lowest BCUT2D eigenvalue weighted by Gasteiger charge is -2.15. The molecule has 1 atom stereocenters. The third kappa shape index (κ3) is 3.82. The van der Waals surface area contributed by atoms with Gasteiger partial charge in [-0.3, -0.25) is 4.79 Å². The number of halogens is 1. The molecule has 0 aliphatic rings. The van der Waals surface area contributed by atoms with E-state index in [1.54, 1.807) is 6.20 Å². The van der Waals surface area contributed by atoms with E-state index in [9.17, 15) is 9.59 Å². The zero-order valence-electron chi connectivity index (χ0n) is 18.5. The summed E-state index contributed by atoms with van der Waals surface area (Å²) in [7, 11) is 1.29. The maximum absolute atomic E-state index is 13.3. The van der Waals surface area contributed by atoms with E-state index < -0.39 is 17.9 Å². The van der Waals surface area contributed by atoms with E-state index in [-0.39, 0.29) is 5.76 Å². The molecule has 1 amide bonds. The molecular weight excluding hydrogens is 452 g/mol. The SMILES string of the molecule is COC(=O)C(NC(=O)c1oc2cc(-c3ccc(Cl)cc3)ccc2c1C)c1c[nH]c2ccccc12. The van der Waals surface area contributed by atoms with Crippen molar-refractivity contribution >= 4 is 45.3 Å². The molecule has 7 heteroatoms. The number of hydrogen-bond donors (Lipinski definition) is 2. The Hall–Kier alpha value is -4.03. The van der Waals surface area contributed by atoms with Gasteiger partial charge in [0.2, 0.25) is 0 Å². The van der Waals surface area contributed by atoms with Crippen LogP contribution in [0, 0.1) is 6.92 Å². The van der Waals surface area contributed by atoms with Crippen molar-refractivity contribution < 1.29 is 18.7 Å². The van der Waals surface area contributed by atoms with E-state index in [1.807, 2.05) is 73.7 Å². The van der Waals surface area contributed by atoms with Crippen molar-refractivity contribution in [2.45, 2.75) is 13.0 Å². The van der Waals surface area contributed by atoms with E-state index in [0.29, 0.717) is 21.7 Å². The van der Waals surface area contributed by atoms with E-state index in [0.717, 1.165) is 27.4 Å². The highest BCUT2D eigenvalue weighted by molar-refractivity contribution is 6.30. The maximum Gasteiger partial charge on any atom is 0.333 e. The molecule has 34 heavy (non-hydrogen) atoms. The van der Waals surface area contributed by atoms with Crippen molar-refractivity contribution in [2.24, 2.45) is 0 Å². The first kappa shape index (κ1) is 21.8. The normalized spacial score (nSPS) is 12.1. The van der Waals surface area contributed by atoms with Crippen LogP contribution in [0.5, 0.6) is 0 Å². The Labute approximate surface area is 200 Å². The fraction of sp³-hybridized carbons (Fsp3) is 0.111. The van der Waals surface area contributed by atoms with Crippen LogP contribution in [0.1, 0.15) is 27.7 Å². The van der Waals surface area contributed by atoms with Crippen LogP contribution in [0.25, 0.3) is 33.0 Å². The highest BCUT2D eigenvalue weighted by Gasteiger charge is 2.29. The van der Waals surface area contributed by atoms with Crippen molar-refractivity contribution in [3.8, 4) is 11.1 Å². The molecule has 0 saturated heterocycles. The Bertz CT molecular complexity index is 1530. The van der Waals surface area contributed by atoms with Crippen molar-refractivity contribution in [3.05, 3.63) is 94.8 Å². The Morgan fingerprint density at radius 1 is 1.00 bits per heavy atom. The summed E-state index contributed by atoms with van der Waals surface area (Å²) in [5.74, 6) is -0.920. The molecule has 2 heterocycles. The topological polar surface area (TPSA) is 84.3 Å². The third-order valence-electron chi connectivity index (χ3n) is 5.97. The highest BCUT2D eigenvalue weighted by Crippen LogP contribution is 2.31. The summed E-state index contributed by atoms with van der Waals surface area (Å²) in [5, 5.41) is 5.10. The van der Waals surface area contributed by atoms with Gasteiger partial charge in [0.1, 0.15) is 5.58 Å². The molecule has 0 radical (unpaired) electrons. The number of aromatic amines is 1. The largest absolute Gasteiger partial charge is 0.467 e. The number of ether oxygens (including phenoxy) is 1. The highest BCUT2D eigenvalue weighted by atomic mass is 35.5. The van der Waals surface area contributed by atoms with Crippen LogP contribution in [0.2, 0.25) is 5.02 Å². The van der Waals surface area contributed by atoms with Crippen molar-refractivity contribution in [1.29, 1.82) is 0 Å². The van der Waals surface area contributed by atoms with Crippen LogP contribution in [-0.2, 0) is 9.53 Å². The summed E-state index contributed by atoms with van der Waals surface area (Å²) in [4.78, 5) is 29.0. The van der Waals surface area contributed by atoms with Crippen molar-refractivity contribution in [1.82, 2.24) is 10.3 Å². The fourth-order valence-electron chi connectivity index (χ4n) is 4.17. The number of fused-ring (bicyclic) bond motifs is 2. The van der Waals surface area contributed by atoms with Gasteiger partial charge in [0, 0.05) is 38.6 Å². The van der Waals surface area contributed by atoms with Gasteiger partial charge in [-0.15, -0.1) is 0 Å². The summed E-state index contributed by atoms with van der Waals surface area (Å²) >= 11 is 6.00. The van der Waals surface area contributed by atoms with Gasteiger partial charge in [-0.2, -0.15) is 0 Å². The standard InChI is InChI=1S/C27H21ClN2O4/c1-15-19-12-9-17(16-7-10-18(28)11-8-16)13-23(19)34-25(15)26(31)30-24(27(32)33-2)21-14-29-22-6-4-3-5-20(21)22/h3-14,24,29H,1-2H3,(H,30,31). The number of amides is 1. The number of carbonyl (C=O) groups excluding carboxylic acids is 2. The zero-order valence-corrected chi connectivity index (χ0v) is 19.3. The number of rotatable bonds is 5. The molecule has 0 aliphatic carbocycles. The lowest BCUT2D eigenvalue weighted by molar-refractivity contribution is -0.143. The third-order valence-corrected chi connectivity index (χ3v) is 6.22. The molecule has 5 aromatic rings. The predicted octanol–water partition coefficient (Wildman–Crippen LogP) is 6.19. The van der Waals surface area contributed by atoms with Gasteiger partial charge in [-0.1, -0.05) is 54.1 Å². The molecule has 3 aromatic carbocycles.